The van der Waals surface area contributed by atoms with Gasteiger partial charge in [0.2, 0.25) is 10.3 Å². The average molecular weight is 209 g/mol. The van der Waals surface area contributed by atoms with Crippen molar-refractivity contribution >= 4 is 21.2 Å². The van der Waals surface area contributed by atoms with Gasteiger partial charge in [0, 0.05) is 5.39 Å². The molecule has 14 heavy (non-hydrogen) atoms. The molecule has 0 fully saturated rings. The zero-order chi connectivity index (χ0) is 10.1. The predicted molar refractivity (Wildman–Crippen MR) is 52.1 cm³/mol. The number of rotatable bonds is 0. The monoisotopic (exact) mass is 209 g/mol. The third-order valence-corrected chi connectivity index (χ3v) is 2.51. The summed E-state index contributed by atoms with van der Waals surface area (Å²) in [6.07, 6.45) is 0. The lowest BCUT2D eigenvalue weighted by Gasteiger charge is -1.98. The molecule has 5 heteroatoms. The van der Waals surface area contributed by atoms with Crippen molar-refractivity contribution < 1.29 is 13.5 Å². The molecule has 0 spiro atoms. The minimum absolute atomic E-state index is 0.0369. The molecule has 0 amide bonds. The Morgan fingerprint density at radius 3 is 2.64 bits per heavy atom. The van der Waals surface area contributed by atoms with Gasteiger partial charge in [-0.2, -0.15) is 8.42 Å². The summed E-state index contributed by atoms with van der Waals surface area (Å²) in [5, 5.41) is 10.2. The number of hydrogen-bond acceptors (Lipinski definition) is 3. The number of hydrogen-bond donors (Lipinski definition) is 2. The van der Waals surface area contributed by atoms with Crippen molar-refractivity contribution in [2.45, 2.75) is 0 Å². The van der Waals surface area contributed by atoms with Crippen molar-refractivity contribution in [3.63, 3.8) is 0 Å². The molecule has 1 aromatic heterocycles. The first-order chi connectivity index (χ1) is 6.68. The minimum Gasteiger partial charge on any atom is -0.506 e. The fraction of sp³-hybridized carbons (Fsp3) is 0. The van der Waals surface area contributed by atoms with Crippen LogP contribution in [0.15, 0.2) is 30.3 Å². The number of phenolic OH excluding ortho intramolecular Hbond substituents is 1. The van der Waals surface area contributed by atoms with Crippen molar-refractivity contribution in [2.75, 3.05) is 0 Å². The van der Waals surface area contributed by atoms with E-state index in [4.69, 9.17) is 0 Å². The van der Waals surface area contributed by atoms with Crippen LogP contribution in [0.25, 0.3) is 10.9 Å². The summed E-state index contributed by atoms with van der Waals surface area (Å²) >= 11 is 0. The van der Waals surface area contributed by atoms with E-state index in [1.54, 1.807) is 18.2 Å². The maximum absolute atomic E-state index is 10.6. The quantitative estimate of drug-likeness (QED) is 0.642. The maximum atomic E-state index is 10.6. The molecule has 2 rings (SSSR count). The average Bonchev–Trinajstić information content (AvgIpc) is 2.18. The number of aromatic amines is 1. The molecule has 2 aromatic rings. The van der Waals surface area contributed by atoms with Crippen LogP contribution in [-0.2, 0) is 10.3 Å². The molecule has 1 aromatic carbocycles. The minimum atomic E-state index is -2.31. The molecular formula is C9H7NO3S. The molecule has 1 heterocycles. The van der Waals surface area contributed by atoms with Crippen LogP contribution < -0.4 is 0 Å². The molecule has 0 unspecified atom stereocenters. The van der Waals surface area contributed by atoms with Gasteiger partial charge in [0.05, 0.1) is 5.52 Å². The van der Waals surface area contributed by atoms with E-state index in [0.29, 0.717) is 5.52 Å². The molecule has 0 aliphatic carbocycles. The molecule has 4 nitrogen and oxygen atoms in total. The van der Waals surface area contributed by atoms with Gasteiger partial charge in [0.1, 0.15) is 5.75 Å². The van der Waals surface area contributed by atoms with Gasteiger partial charge in [-0.15, -0.1) is 0 Å². The van der Waals surface area contributed by atoms with Gasteiger partial charge in [-0.3, -0.25) is 0 Å². The third kappa shape index (κ3) is 1.38. The Kier molecular flexibility index (Phi) is 2.01. The van der Waals surface area contributed by atoms with Crippen LogP contribution in [0, 0.1) is 4.64 Å². The van der Waals surface area contributed by atoms with E-state index in [0.717, 1.165) is 5.39 Å². The number of aromatic hydroxyl groups is 1. The van der Waals surface area contributed by atoms with Gasteiger partial charge in [0.25, 0.3) is 0 Å². The van der Waals surface area contributed by atoms with Gasteiger partial charge >= 0.3 is 0 Å². The van der Waals surface area contributed by atoms with E-state index in [1.807, 2.05) is 0 Å². The fourth-order valence-corrected chi connectivity index (χ4v) is 1.62. The number of benzene rings is 1. The lowest BCUT2D eigenvalue weighted by atomic mass is 10.2. The number of pyridine rings is 1. The summed E-state index contributed by atoms with van der Waals surface area (Å²) in [5.74, 6) is 0.0369. The number of aromatic nitrogens is 1. The lowest BCUT2D eigenvalue weighted by Crippen LogP contribution is -1.81. The highest BCUT2D eigenvalue weighted by Gasteiger charge is 1.97. The molecule has 0 atom stereocenters. The summed E-state index contributed by atoms with van der Waals surface area (Å²) in [6, 6.07) is 8.06. The van der Waals surface area contributed by atoms with Crippen molar-refractivity contribution in [1.29, 1.82) is 0 Å². The summed E-state index contributed by atoms with van der Waals surface area (Å²) < 4.78 is 21.3. The molecule has 72 valence electrons. The van der Waals surface area contributed by atoms with Crippen LogP contribution in [0.5, 0.6) is 5.75 Å². The Labute approximate surface area is 81.0 Å². The zero-order valence-electron chi connectivity index (χ0n) is 7.06. The van der Waals surface area contributed by atoms with Crippen LogP contribution in [-0.4, -0.2) is 18.5 Å². The molecule has 0 saturated carbocycles. The van der Waals surface area contributed by atoms with Crippen molar-refractivity contribution in [3.8, 4) is 5.75 Å². The molecule has 0 radical (unpaired) electrons. The Balaban J connectivity index is 3.05. The summed E-state index contributed by atoms with van der Waals surface area (Å²) in [4.78, 5) is 2.63. The van der Waals surface area contributed by atoms with Crippen molar-refractivity contribution in [1.82, 2.24) is 4.98 Å². The first kappa shape index (κ1) is 8.83. The maximum Gasteiger partial charge on any atom is 0.238 e. The predicted octanol–water partition coefficient (Wildman–Crippen LogP) is 1.28. The molecule has 0 bridgehead atoms. The van der Waals surface area contributed by atoms with Crippen LogP contribution >= 0.6 is 0 Å². The van der Waals surface area contributed by atoms with E-state index >= 15 is 0 Å². The second-order valence-corrected chi connectivity index (χ2v) is 3.71. The number of H-pyrrole nitrogens is 1. The highest BCUT2D eigenvalue weighted by Crippen LogP contribution is 2.20. The van der Waals surface area contributed by atoms with Crippen LogP contribution in [0.1, 0.15) is 0 Å². The smallest absolute Gasteiger partial charge is 0.238 e. The standard InChI is InChI=1S/C9H7NO3S/c11-7-3-1-2-6-4-5-8(14(12)13)10-9(6)7/h1-5,10-11H. The number of phenols is 1. The van der Waals surface area contributed by atoms with Gasteiger partial charge < -0.3 is 10.1 Å². The fourth-order valence-electron chi connectivity index (χ4n) is 1.26. The first-order valence-electron chi connectivity index (χ1n) is 3.92. The summed E-state index contributed by atoms with van der Waals surface area (Å²) in [7, 11) is -2.31. The van der Waals surface area contributed by atoms with E-state index in [9.17, 15) is 13.5 Å². The second-order valence-electron chi connectivity index (χ2n) is 2.80. The molecule has 0 saturated heterocycles. The Hall–Kier alpha value is -1.75. The largest absolute Gasteiger partial charge is 0.506 e. The Bertz CT molecular complexity index is 647. The highest BCUT2D eigenvalue weighted by molar-refractivity contribution is 7.63. The van der Waals surface area contributed by atoms with Crippen LogP contribution in [0.3, 0.4) is 0 Å². The number of fused-ring (bicyclic) bond motifs is 1. The van der Waals surface area contributed by atoms with E-state index in [2.05, 4.69) is 4.98 Å². The topological polar surface area (TPSA) is 70.2 Å². The highest BCUT2D eigenvalue weighted by atomic mass is 32.2. The van der Waals surface area contributed by atoms with E-state index in [-0.39, 0.29) is 10.4 Å². The zero-order valence-corrected chi connectivity index (χ0v) is 7.88. The first-order valence-corrected chi connectivity index (χ1v) is 4.99. The molecule has 0 aliphatic heterocycles. The summed E-state index contributed by atoms with van der Waals surface area (Å²) in [6.45, 7) is 0. The number of para-hydroxylation sites is 1. The SMILES string of the molecule is O=S(=O)=c1ccc2cccc(O)c2[nH]1. The third-order valence-electron chi connectivity index (χ3n) is 1.92. The van der Waals surface area contributed by atoms with Crippen LogP contribution in [0.4, 0.5) is 0 Å². The van der Waals surface area contributed by atoms with Gasteiger partial charge in [0.15, 0.2) is 4.64 Å². The van der Waals surface area contributed by atoms with Gasteiger partial charge in [-0.1, -0.05) is 12.1 Å². The second kappa shape index (κ2) is 3.19. The lowest BCUT2D eigenvalue weighted by molar-refractivity contribution is 0.480. The molecule has 0 aliphatic rings. The van der Waals surface area contributed by atoms with Crippen LogP contribution in [0.2, 0.25) is 0 Å². The van der Waals surface area contributed by atoms with Gasteiger partial charge in [-0.25, -0.2) is 0 Å². The Morgan fingerprint density at radius 1 is 1.14 bits per heavy atom. The Morgan fingerprint density at radius 2 is 1.93 bits per heavy atom. The summed E-state index contributed by atoms with van der Waals surface area (Å²) in [5.41, 5.74) is 0.425. The van der Waals surface area contributed by atoms with Crippen molar-refractivity contribution in [2.24, 2.45) is 0 Å². The van der Waals surface area contributed by atoms with Crippen molar-refractivity contribution in [3.05, 3.63) is 35.0 Å². The normalized spacial score (nSPS) is 10.3. The molecule has 2 N–H and O–H groups in total. The van der Waals surface area contributed by atoms with E-state index < -0.39 is 10.3 Å². The van der Waals surface area contributed by atoms with E-state index in [1.165, 1.54) is 12.1 Å². The molecular weight excluding hydrogens is 202 g/mol. The number of nitrogens with one attached hydrogen (secondary N) is 1. The van der Waals surface area contributed by atoms with Gasteiger partial charge in [-0.05, 0) is 18.2 Å².